The van der Waals surface area contributed by atoms with Crippen molar-refractivity contribution in [2.45, 2.75) is 18.8 Å². The molecule has 1 aliphatic heterocycles. The molecule has 2 aromatic heterocycles. The van der Waals surface area contributed by atoms with Crippen molar-refractivity contribution in [3.05, 3.63) is 35.3 Å². The summed E-state index contributed by atoms with van der Waals surface area (Å²) >= 11 is 0. The van der Waals surface area contributed by atoms with Crippen molar-refractivity contribution in [1.82, 2.24) is 19.9 Å². The number of carbonyl (C=O) groups excluding carboxylic acids is 1. The van der Waals surface area contributed by atoms with Crippen LogP contribution in [-0.4, -0.2) is 40.8 Å². The molecule has 120 valence electrons. The lowest BCUT2D eigenvalue weighted by Crippen LogP contribution is -2.26. The highest BCUT2D eigenvalue weighted by Crippen LogP contribution is 2.31. The van der Waals surface area contributed by atoms with E-state index in [1.54, 1.807) is 4.52 Å². The summed E-state index contributed by atoms with van der Waals surface area (Å²) in [6, 6.07) is 2.57. The van der Waals surface area contributed by atoms with Gasteiger partial charge in [0.05, 0.1) is 24.4 Å². The number of carbonyl (C=O) groups is 1. The molecule has 0 radical (unpaired) electrons. The van der Waals surface area contributed by atoms with Crippen LogP contribution in [0.5, 0.6) is 0 Å². The maximum atomic E-state index is 13.8. The standard InChI is InChI=1S/C16H17FN4O2/c1-23-16(22)11-6-10(17)7-13-14(11)21-15(20-13)12(8-19-21)9-2-4-18-5-3-9/h6-9,18,20H,2-5H2,1H3. The first kappa shape index (κ1) is 14.2. The van der Waals surface area contributed by atoms with Gasteiger partial charge < -0.3 is 15.0 Å². The van der Waals surface area contributed by atoms with Gasteiger partial charge in [-0.1, -0.05) is 0 Å². The number of imidazole rings is 1. The first-order valence-corrected chi connectivity index (χ1v) is 7.67. The predicted octanol–water partition coefficient (Wildman–Crippen LogP) is 2.21. The summed E-state index contributed by atoms with van der Waals surface area (Å²) in [6.45, 7) is 1.95. The molecule has 2 N–H and O–H groups in total. The number of nitrogens with zero attached hydrogens (tertiary/aromatic N) is 2. The molecule has 3 aromatic rings. The van der Waals surface area contributed by atoms with Gasteiger partial charge in [0.2, 0.25) is 0 Å². The SMILES string of the molecule is COC(=O)c1cc(F)cc2[nH]c3c(C4CCNCC4)cnn3c12. The Bertz CT molecular complexity index is 892. The third-order valence-electron chi connectivity index (χ3n) is 4.52. The van der Waals surface area contributed by atoms with Crippen molar-refractivity contribution < 1.29 is 13.9 Å². The molecule has 1 aliphatic rings. The number of ether oxygens (including phenoxy) is 1. The van der Waals surface area contributed by atoms with Crippen molar-refractivity contribution in [2.75, 3.05) is 20.2 Å². The number of hydrogen-bond acceptors (Lipinski definition) is 4. The van der Waals surface area contributed by atoms with E-state index in [2.05, 4.69) is 15.4 Å². The van der Waals surface area contributed by atoms with Crippen LogP contribution >= 0.6 is 0 Å². The number of hydrogen-bond donors (Lipinski definition) is 2. The Morgan fingerprint density at radius 3 is 2.91 bits per heavy atom. The van der Waals surface area contributed by atoms with Gasteiger partial charge in [0.15, 0.2) is 0 Å². The van der Waals surface area contributed by atoms with Crippen molar-refractivity contribution in [3.8, 4) is 0 Å². The van der Waals surface area contributed by atoms with E-state index in [1.165, 1.54) is 19.2 Å². The minimum absolute atomic E-state index is 0.175. The molecule has 23 heavy (non-hydrogen) atoms. The zero-order valence-corrected chi connectivity index (χ0v) is 12.7. The van der Waals surface area contributed by atoms with E-state index in [0.29, 0.717) is 17.0 Å². The fourth-order valence-corrected chi connectivity index (χ4v) is 3.40. The van der Waals surface area contributed by atoms with E-state index in [-0.39, 0.29) is 5.56 Å². The second kappa shape index (κ2) is 5.34. The first-order valence-electron chi connectivity index (χ1n) is 7.67. The van der Waals surface area contributed by atoms with Crippen LogP contribution in [0.2, 0.25) is 0 Å². The minimum atomic E-state index is -0.575. The van der Waals surface area contributed by atoms with Crippen LogP contribution in [0, 0.1) is 5.82 Å². The van der Waals surface area contributed by atoms with E-state index < -0.39 is 11.8 Å². The number of H-pyrrole nitrogens is 1. The summed E-state index contributed by atoms with van der Waals surface area (Å²) < 4.78 is 20.3. The third kappa shape index (κ3) is 2.19. The number of fused-ring (bicyclic) bond motifs is 3. The molecule has 4 rings (SSSR count). The number of nitrogens with one attached hydrogen (secondary N) is 2. The third-order valence-corrected chi connectivity index (χ3v) is 4.52. The van der Waals surface area contributed by atoms with E-state index in [0.717, 1.165) is 37.1 Å². The lowest BCUT2D eigenvalue weighted by atomic mass is 9.92. The first-order chi connectivity index (χ1) is 11.2. The monoisotopic (exact) mass is 316 g/mol. The number of halogens is 1. The van der Waals surface area contributed by atoms with Crippen LogP contribution in [-0.2, 0) is 4.74 Å². The summed E-state index contributed by atoms with van der Waals surface area (Å²) in [5.41, 5.74) is 3.20. The van der Waals surface area contributed by atoms with Crippen LogP contribution in [0.4, 0.5) is 4.39 Å². The zero-order chi connectivity index (χ0) is 16.0. The average molecular weight is 316 g/mol. The molecule has 0 bridgehead atoms. The maximum Gasteiger partial charge on any atom is 0.340 e. The topological polar surface area (TPSA) is 71.4 Å². The summed E-state index contributed by atoms with van der Waals surface area (Å²) in [5.74, 6) is -0.645. The van der Waals surface area contributed by atoms with Gasteiger partial charge in [-0.25, -0.2) is 13.7 Å². The van der Waals surface area contributed by atoms with Crippen molar-refractivity contribution in [3.63, 3.8) is 0 Å². The van der Waals surface area contributed by atoms with Crippen LogP contribution in [0.1, 0.15) is 34.7 Å². The maximum absolute atomic E-state index is 13.8. The fraction of sp³-hybridized carbons (Fsp3) is 0.375. The minimum Gasteiger partial charge on any atom is -0.465 e. The smallest absolute Gasteiger partial charge is 0.340 e. The molecule has 0 spiro atoms. The largest absolute Gasteiger partial charge is 0.465 e. The molecule has 1 saturated heterocycles. The van der Waals surface area contributed by atoms with Gasteiger partial charge >= 0.3 is 5.97 Å². The number of esters is 1. The average Bonchev–Trinajstić information content (AvgIpc) is 3.12. The van der Waals surface area contributed by atoms with Crippen LogP contribution in [0.15, 0.2) is 18.3 Å². The molecule has 0 saturated carbocycles. The summed E-state index contributed by atoms with van der Waals surface area (Å²) in [4.78, 5) is 15.2. The molecule has 7 heteroatoms. The van der Waals surface area contributed by atoms with Crippen molar-refractivity contribution >= 4 is 22.6 Å². The number of benzene rings is 1. The summed E-state index contributed by atoms with van der Waals surface area (Å²) in [5, 5.41) is 7.77. The Kier molecular flexibility index (Phi) is 3.30. The quantitative estimate of drug-likeness (QED) is 0.711. The molecular formula is C16H17FN4O2. The Morgan fingerprint density at radius 1 is 1.39 bits per heavy atom. The van der Waals surface area contributed by atoms with E-state index in [1.807, 2.05) is 6.20 Å². The van der Waals surface area contributed by atoms with Gasteiger partial charge in [-0.15, -0.1) is 0 Å². The van der Waals surface area contributed by atoms with Crippen molar-refractivity contribution in [2.24, 2.45) is 0 Å². The normalized spacial score (nSPS) is 16.3. The Hall–Kier alpha value is -2.41. The zero-order valence-electron chi connectivity index (χ0n) is 12.7. The molecule has 6 nitrogen and oxygen atoms in total. The summed E-state index contributed by atoms with van der Waals surface area (Å²) in [6.07, 6.45) is 3.91. The second-order valence-corrected chi connectivity index (χ2v) is 5.85. The number of piperidine rings is 1. The Labute approximate surface area is 131 Å². The van der Waals surface area contributed by atoms with Crippen molar-refractivity contribution in [1.29, 1.82) is 0 Å². The van der Waals surface area contributed by atoms with Gasteiger partial charge in [0, 0.05) is 5.56 Å². The van der Waals surface area contributed by atoms with E-state index >= 15 is 0 Å². The lowest BCUT2D eigenvalue weighted by molar-refractivity contribution is 0.0602. The number of methoxy groups -OCH3 is 1. The molecular weight excluding hydrogens is 299 g/mol. The molecule has 0 aliphatic carbocycles. The highest BCUT2D eigenvalue weighted by Gasteiger charge is 2.23. The Balaban J connectivity index is 1.94. The molecule has 1 fully saturated rings. The molecule has 0 unspecified atom stereocenters. The van der Waals surface area contributed by atoms with E-state index in [4.69, 9.17) is 4.74 Å². The molecule has 3 heterocycles. The van der Waals surface area contributed by atoms with E-state index in [9.17, 15) is 9.18 Å². The van der Waals surface area contributed by atoms with Gasteiger partial charge in [-0.2, -0.15) is 5.10 Å². The highest BCUT2D eigenvalue weighted by molar-refractivity contribution is 6.03. The highest BCUT2D eigenvalue weighted by atomic mass is 19.1. The van der Waals surface area contributed by atoms with Gasteiger partial charge in [-0.05, 0) is 44.0 Å². The number of aromatic amines is 1. The lowest BCUT2D eigenvalue weighted by Gasteiger charge is -2.21. The molecule has 1 aromatic carbocycles. The Morgan fingerprint density at radius 2 is 2.17 bits per heavy atom. The summed E-state index contributed by atoms with van der Waals surface area (Å²) in [7, 11) is 1.28. The van der Waals surface area contributed by atoms with Gasteiger partial charge in [0.25, 0.3) is 0 Å². The predicted molar refractivity (Wildman–Crippen MR) is 83.2 cm³/mol. The second-order valence-electron chi connectivity index (χ2n) is 5.85. The van der Waals surface area contributed by atoms with Crippen LogP contribution < -0.4 is 5.32 Å². The van der Waals surface area contributed by atoms with Gasteiger partial charge in [0.1, 0.15) is 17.0 Å². The molecule has 0 amide bonds. The fourth-order valence-electron chi connectivity index (χ4n) is 3.40. The van der Waals surface area contributed by atoms with Crippen LogP contribution in [0.25, 0.3) is 16.7 Å². The number of aromatic nitrogens is 3. The number of rotatable bonds is 2. The van der Waals surface area contributed by atoms with Gasteiger partial charge in [-0.3, -0.25) is 0 Å². The molecule has 0 atom stereocenters. The van der Waals surface area contributed by atoms with Crippen LogP contribution in [0.3, 0.4) is 0 Å².